The Bertz CT molecular complexity index is 1630. The molecule has 4 rings (SSSR count). The van der Waals surface area contributed by atoms with Crippen molar-refractivity contribution in [1.82, 2.24) is 9.97 Å². The molecule has 2 aromatic carbocycles. The predicted molar refractivity (Wildman–Crippen MR) is 246 cm³/mol. The lowest BCUT2D eigenvalue weighted by Crippen LogP contribution is -2.09. The summed E-state index contributed by atoms with van der Waals surface area (Å²) in [5, 5.41) is 0. The Labute approximate surface area is 353 Å². The quantitative estimate of drug-likeness (QED) is 0.0377. The highest BCUT2D eigenvalue weighted by Gasteiger charge is 2.16. The van der Waals surface area contributed by atoms with E-state index in [1.807, 2.05) is 24.3 Å². The van der Waals surface area contributed by atoms with Crippen LogP contribution in [0.5, 0.6) is 0 Å². The molecule has 0 saturated heterocycles. The topological polar surface area (TPSA) is 59.9 Å². The number of carbonyl (C=O) groups excluding carboxylic acids is 2. The van der Waals surface area contributed by atoms with Crippen LogP contribution in [0.25, 0.3) is 11.4 Å². The number of carbonyl (C=O) groups is 2. The Morgan fingerprint density at radius 1 is 0.362 bits per heavy atom. The van der Waals surface area contributed by atoms with Crippen molar-refractivity contribution in [2.75, 3.05) is 0 Å². The molecule has 0 amide bonds. The van der Waals surface area contributed by atoms with Gasteiger partial charge in [0.25, 0.3) is 0 Å². The maximum atomic E-state index is 13.7. The summed E-state index contributed by atoms with van der Waals surface area (Å²) in [6, 6.07) is 25.1. The monoisotopic (exact) mass is 785 g/mol. The molecule has 4 nitrogen and oxygen atoms in total. The zero-order chi connectivity index (χ0) is 41.2. The van der Waals surface area contributed by atoms with Gasteiger partial charge in [-0.05, 0) is 97.9 Å². The summed E-state index contributed by atoms with van der Waals surface area (Å²) >= 11 is 0. The molecule has 0 spiro atoms. The summed E-state index contributed by atoms with van der Waals surface area (Å²) in [6.45, 7) is 9.00. The minimum Gasteiger partial charge on any atom is -0.294 e. The van der Waals surface area contributed by atoms with Crippen molar-refractivity contribution in [2.45, 2.75) is 195 Å². The van der Waals surface area contributed by atoms with Gasteiger partial charge in [-0.15, -0.1) is 0 Å². The molecule has 314 valence electrons. The highest BCUT2D eigenvalue weighted by molar-refractivity contribution is 5.98. The first-order valence-corrected chi connectivity index (χ1v) is 23.7. The molecule has 0 atom stereocenters. The van der Waals surface area contributed by atoms with E-state index in [-0.39, 0.29) is 24.4 Å². The van der Waals surface area contributed by atoms with Crippen molar-refractivity contribution < 1.29 is 9.59 Å². The lowest BCUT2D eigenvalue weighted by molar-refractivity contribution is 0.0983. The van der Waals surface area contributed by atoms with E-state index in [1.54, 1.807) is 0 Å². The number of ketones is 2. The number of unbranched alkanes of at least 4 members (excludes halogenated alkanes) is 16. The van der Waals surface area contributed by atoms with Gasteiger partial charge in [-0.25, -0.2) is 0 Å². The fraction of sp³-hybridized carbons (Fsp3) is 0.556. The Hall–Kier alpha value is -3.92. The van der Waals surface area contributed by atoms with E-state index >= 15 is 0 Å². The maximum absolute atomic E-state index is 13.7. The molecule has 0 aliphatic rings. The number of aromatic nitrogens is 2. The third kappa shape index (κ3) is 17.5. The minimum atomic E-state index is 0.0933. The van der Waals surface area contributed by atoms with Crippen molar-refractivity contribution >= 4 is 11.6 Å². The lowest BCUT2D eigenvalue weighted by atomic mass is 9.98. The fourth-order valence-corrected chi connectivity index (χ4v) is 8.01. The molecule has 2 aromatic heterocycles. The molecule has 0 fully saturated rings. The third-order valence-corrected chi connectivity index (χ3v) is 11.6. The van der Waals surface area contributed by atoms with Gasteiger partial charge in [0.15, 0.2) is 11.6 Å². The van der Waals surface area contributed by atoms with Gasteiger partial charge in [-0.2, -0.15) is 0 Å². The molecule has 0 N–H and O–H groups in total. The van der Waals surface area contributed by atoms with Crippen LogP contribution in [-0.4, -0.2) is 21.5 Å². The number of rotatable bonds is 31. The van der Waals surface area contributed by atoms with Crippen molar-refractivity contribution in [3.8, 4) is 11.4 Å². The molecular formula is C54H76N2O2. The number of Topliss-reactive ketones (excluding diaryl/α,β-unsaturated/α-hetero) is 2. The zero-order valence-electron chi connectivity index (χ0n) is 37.0. The first-order valence-electron chi connectivity index (χ1n) is 23.7. The fourth-order valence-electron chi connectivity index (χ4n) is 8.01. The molecule has 0 radical (unpaired) electrons. The SMILES string of the molecule is CCCCCCCCc1cc(CC(=O)c2ccc(CCCCCC)cc2)nc(-c2cc(CCCCCCCC)cc(CC(=O)c3ccc(CCCCCC)cc3)n2)c1. The van der Waals surface area contributed by atoms with Gasteiger partial charge < -0.3 is 0 Å². The first kappa shape index (κ1) is 46.8. The van der Waals surface area contributed by atoms with Gasteiger partial charge in [-0.3, -0.25) is 19.6 Å². The van der Waals surface area contributed by atoms with E-state index in [0.29, 0.717) is 0 Å². The Morgan fingerprint density at radius 3 is 1.00 bits per heavy atom. The van der Waals surface area contributed by atoms with Crippen molar-refractivity contribution in [1.29, 1.82) is 0 Å². The normalized spacial score (nSPS) is 11.3. The Kier molecular flexibility index (Phi) is 22.3. The van der Waals surface area contributed by atoms with Crippen LogP contribution in [0.1, 0.15) is 210 Å². The van der Waals surface area contributed by atoms with Crippen LogP contribution in [0.3, 0.4) is 0 Å². The third-order valence-electron chi connectivity index (χ3n) is 11.6. The average Bonchev–Trinajstić information content (AvgIpc) is 3.24. The number of pyridine rings is 2. The van der Waals surface area contributed by atoms with Gasteiger partial charge in [-0.1, -0.05) is 179 Å². The van der Waals surface area contributed by atoms with Gasteiger partial charge >= 0.3 is 0 Å². The second kappa shape index (κ2) is 27.7. The van der Waals surface area contributed by atoms with Crippen LogP contribution >= 0.6 is 0 Å². The van der Waals surface area contributed by atoms with E-state index in [4.69, 9.17) is 9.97 Å². The predicted octanol–water partition coefficient (Wildman–Crippen LogP) is 15.0. The van der Waals surface area contributed by atoms with Crippen molar-refractivity contribution in [3.05, 3.63) is 118 Å². The van der Waals surface area contributed by atoms with Gasteiger partial charge in [0.2, 0.25) is 0 Å². The molecule has 58 heavy (non-hydrogen) atoms. The molecule has 2 heterocycles. The van der Waals surface area contributed by atoms with E-state index < -0.39 is 0 Å². The number of benzene rings is 2. The second-order valence-electron chi connectivity index (χ2n) is 17.0. The highest BCUT2D eigenvalue weighted by Crippen LogP contribution is 2.25. The van der Waals surface area contributed by atoms with Crippen LogP contribution < -0.4 is 0 Å². The van der Waals surface area contributed by atoms with Gasteiger partial charge in [0.1, 0.15) is 0 Å². The van der Waals surface area contributed by atoms with Gasteiger partial charge in [0, 0.05) is 22.5 Å². The molecule has 4 heteroatoms. The van der Waals surface area contributed by atoms with Crippen LogP contribution in [0.15, 0.2) is 72.8 Å². The largest absolute Gasteiger partial charge is 0.294 e. The number of hydrogen-bond donors (Lipinski definition) is 0. The van der Waals surface area contributed by atoms with E-state index in [2.05, 4.69) is 76.2 Å². The van der Waals surface area contributed by atoms with E-state index in [1.165, 1.54) is 138 Å². The summed E-state index contributed by atoms with van der Waals surface area (Å²) in [5.41, 5.74) is 9.69. The number of aryl methyl sites for hydroxylation is 4. The summed E-state index contributed by atoms with van der Waals surface area (Å²) in [4.78, 5) is 37.7. The summed E-state index contributed by atoms with van der Waals surface area (Å²) in [7, 11) is 0. The number of nitrogens with zero attached hydrogens (tertiary/aromatic N) is 2. The summed E-state index contributed by atoms with van der Waals surface area (Å²) in [5.74, 6) is 0.187. The smallest absolute Gasteiger partial charge is 0.168 e. The molecule has 4 aromatic rings. The summed E-state index contributed by atoms with van der Waals surface area (Å²) in [6.07, 6.45) is 29.2. The number of hydrogen-bond acceptors (Lipinski definition) is 4. The molecular weight excluding hydrogens is 709 g/mol. The molecule has 0 unspecified atom stereocenters. The van der Waals surface area contributed by atoms with Crippen LogP contribution in [0.4, 0.5) is 0 Å². The molecule has 0 bridgehead atoms. The van der Waals surface area contributed by atoms with Crippen LogP contribution in [0, 0.1) is 0 Å². The maximum Gasteiger partial charge on any atom is 0.168 e. The first-order chi connectivity index (χ1) is 28.4. The highest BCUT2D eigenvalue weighted by atomic mass is 16.1. The van der Waals surface area contributed by atoms with Crippen LogP contribution in [-0.2, 0) is 38.5 Å². The zero-order valence-corrected chi connectivity index (χ0v) is 37.0. The molecule has 0 saturated carbocycles. The standard InChI is InChI=1S/C54H76N2O2/c1-5-9-13-17-19-23-27-45-37-49(41-53(57)47-33-29-43(30-34-47)25-21-15-11-7-3)55-51(39-45)52-40-46(28-24-20-18-14-10-6-2)38-50(56-52)42-54(58)48-35-31-44(32-36-48)26-22-16-12-8-4/h29-40H,5-28,41-42H2,1-4H3. The summed E-state index contributed by atoms with van der Waals surface area (Å²) < 4.78 is 0. The van der Waals surface area contributed by atoms with E-state index in [9.17, 15) is 9.59 Å². The molecule has 0 aliphatic heterocycles. The second-order valence-corrected chi connectivity index (χ2v) is 17.0. The van der Waals surface area contributed by atoms with Crippen molar-refractivity contribution in [2.24, 2.45) is 0 Å². The Morgan fingerprint density at radius 2 is 0.655 bits per heavy atom. The van der Waals surface area contributed by atoms with Gasteiger partial charge in [0.05, 0.1) is 24.2 Å². The molecule has 0 aliphatic carbocycles. The van der Waals surface area contributed by atoms with E-state index in [0.717, 1.165) is 72.4 Å². The van der Waals surface area contributed by atoms with Crippen LogP contribution in [0.2, 0.25) is 0 Å². The minimum absolute atomic E-state index is 0.0933. The Balaban J connectivity index is 1.58. The lowest BCUT2D eigenvalue weighted by Gasteiger charge is -2.13. The average molecular weight is 785 g/mol. The van der Waals surface area contributed by atoms with Crippen molar-refractivity contribution in [3.63, 3.8) is 0 Å².